The van der Waals surface area contributed by atoms with E-state index < -0.39 is 0 Å². The maximum absolute atomic E-state index is 11.9. The van der Waals surface area contributed by atoms with Crippen LogP contribution in [0.15, 0.2) is 64.5 Å². The van der Waals surface area contributed by atoms with Crippen molar-refractivity contribution in [2.24, 2.45) is 5.10 Å². The van der Waals surface area contributed by atoms with Gasteiger partial charge in [-0.05, 0) is 23.6 Å². The van der Waals surface area contributed by atoms with Crippen molar-refractivity contribution in [1.82, 2.24) is 14.9 Å². The molecule has 1 aromatic heterocycles. The van der Waals surface area contributed by atoms with Gasteiger partial charge in [0.1, 0.15) is 0 Å². The van der Waals surface area contributed by atoms with E-state index in [1.165, 1.54) is 4.68 Å². The lowest BCUT2D eigenvalue weighted by Gasteiger charge is -2.04. The number of hydrogen-bond donors (Lipinski definition) is 1. The van der Waals surface area contributed by atoms with Gasteiger partial charge in [0, 0.05) is 6.42 Å². The minimum atomic E-state index is -0.337. The lowest BCUT2D eigenvalue weighted by Crippen LogP contribution is -2.15. The van der Waals surface area contributed by atoms with E-state index >= 15 is 0 Å². The highest BCUT2D eigenvalue weighted by atomic mass is 16.2. The zero-order valence-corrected chi connectivity index (χ0v) is 12.2. The molecule has 0 aliphatic carbocycles. The molecule has 22 heavy (non-hydrogen) atoms. The van der Waals surface area contributed by atoms with Gasteiger partial charge in [-0.25, -0.2) is 9.89 Å². The Morgan fingerprint density at radius 3 is 2.64 bits per heavy atom. The third-order valence-electron chi connectivity index (χ3n) is 3.45. The summed E-state index contributed by atoms with van der Waals surface area (Å²) in [4.78, 5) is 11.9. The first-order chi connectivity index (χ1) is 10.7. The molecule has 0 saturated heterocycles. The van der Waals surface area contributed by atoms with Gasteiger partial charge in [-0.2, -0.15) is 14.9 Å². The minimum absolute atomic E-state index is 0.337. The van der Waals surface area contributed by atoms with Crippen LogP contribution in [0.1, 0.15) is 22.5 Å². The summed E-state index contributed by atoms with van der Waals surface area (Å²) in [5, 5.41) is 10.8. The number of rotatable bonds is 4. The number of nitrogens with one attached hydrogen (secondary N) is 1. The van der Waals surface area contributed by atoms with Crippen molar-refractivity contribution in [2.75, 3.05) is 0 Å². The Labute approximate surface area is 127 Å². The SMILES string of the molecule is Cc1ccccc1Cc1n[nH]c(=O)n1N=Cc1ccccc1. The summed E-state index contributed by atoms with van der Waals surface area (Å²) in [6.45, 7) is 2.04. The number of hydrogen-bond acceptors (Lipinski definition) is 3. The molecule has 5 nitrogen and oxygen atoms in total. The summed E-state index contributed by atoms with van der Waals surface area (Å²) in [5.74, 6) is 0.589. The lowest BCUT2D eigenvalue weighted by molar-refractivity contribution is 0.774. The molecular formula is C17H16N4O. The van der Waals surface area contributed by atoms with Crippen molar-refractivity contribution in [2.45, 2.75) is 13.3 Å². The van der Waals surface area contributed by atoms with Gasteiger partial charge < -0.3 is 0 Å². The zero-order chi connectivity index (χ0) is 15.4. The van der Waals surface area contributed by atoms with E-state index in [0.717, 1.165) is 16.7 Å². The summed E-state index contributed by atoms with van der Waals surface area (Å²) in [6, 6.07) is 17.7. The number of aromatic nitrogens is 3. The van der Waals surface area contributed by atoms with Crippen molar-refractivity contribution < 1.29 is 0 Å². The van der Waals surface area contributed by atoms with E-state index in [4.69, 9.17) is 0 Å². The van der Waals surface area contributed by atoms with Crippen molar-refractivity contribution in [1.29, 1.82) is 0 Å². The molecule has 0 radical (unpaired) electrons. The molecule has 0 amide bonds. The molecule has 2 aromatic carbocycles. The standard InChI is InChI=1S/C17H16N4O/c1-13-7-5-6-10-15(13)11-16-19-20-17(22)21(16)18-12-14-8-3-2-4-9-14/h2-10,12H,11H2,1H3,(H,20,22). The van der Waals surface area contributed by atoms with Crippen molar-refractivity contribution in [3.8, 4) is 0 Å². The molecule has 0 unspecified atom stereocenters. The van der Waals surface area contributed by atoms with Gasteiger partial charge >= 0.3 is 5.69 Å². The molecule has 3 aromatic rings. The second kappa shape index (κ2) is 6.22. The second-order valence-corrected chi connectivity index (χ2v) is 5.02. The van der Waals surface area contributed by atoms with E-state index in [1.807, 2.05) is 61.5 Å². The molecule has 0 aliphatic heterocycles. The van der Waals surface area contributed by atoms with Crippen LogP contribution in [0, 0.1) is 6.92 Å². The molecule has 0 spiro atoms. The van der Waals surface area contributed by atoms with Crippen molar-refractivity contribution in [3.63, 3.8) is 0 Å². The molecule has 1 N–H and O–H groups in total. The third-order valence-corrected chi connectivity index (χ3v) is 3.45. The fraction of sp³-hybridized carbons (Fsp3) is 0.118. The fourth-order valence-electron chi connectivity index (χ4n) is 2.20. The van der Waals surface area contributed by atoms with Crippen LogP contribution in [-0.4, -0.2) is 21.1 Å². The van der Waals surface area contributed by atoms with Gasteiger partial charge in [-0.1, -0.05) is 54.6 Å². The van der Waals surface area contributed by atoms with Gasteiger partial charge in [-0.15, -0.1) is 0 Å². The maximum atomic E-state index is 11.9. The van der Waals surface area contributed by atoms with Crippen molar-refractivity contribution >= 4 is 6.21 Å². The molecule has 0 aliphatic rings. The third kappa shape index (κ3) is 3.03. The summed E-state index contributed by atoms with van der Waals surface area (Å²) in [7, 11) is 0. The van der Waals surface area contributed by atoms with Crippen LogP contribution in [0.25, 0.3) is 0 Å². The maximum Gasteiger partial charge on any atom is 0.364 e. The first-order valence-corrected chi connectivity index (χ1v) is 7.04. The second-order valence-electron chi connectivity index (χ2n) is 5.02. The Hall–Kier alpha value is -2.95. The molecular weight excluding hydrogens is 276 g/mol. The predicted octanol–water partition coefficient (Wildman–Crippen LogP) is 2.35. The minimum Gasteiger partial charge on any atom is -0.244 e. The quantitative estimate of drug-likeness (QED) is 0.750. The molecule has 0 atom stereocenters. The highest BCUT2D eigenvalue weighted by Gasteiger charge is 2.09. The molecule has 1 heterocycles. The summed E-state index contributed by atoms with van der Waals surface area (Å²) < 4.78 is 1.30. The Bertz CT molecular complexity index is 846. The Kier molecular flexibility index (Phi) is 3.96. The first kappa shape index (κ1) is 14.0. The molecule has 0 bridgehead atoms. The van der Waals surface area contributed by atoms with E-state index in [2.05, 4.69) is 15.3 Å². The molecule has 110 valence electrons. The Morgan fingerprint density at radius 1 is 1.14 bits per heavy atom. The molecule has 3 rings (SSSR count). The highest BCUT2D eigenvalue weighted by Crippen LogP contribution is 2.11. The van der Waals surface area contributed by atoms with Gasteiger partial charge in [0.25, 0.3) is 0 Å². The summed E-state index contributed by atoms with van der Waals surface area (Å²) in [5.41, 5.74) is 2.88. The van der Waals surface area contributed by atoms with E-state index in [1.54, 1.807) is 6.21 Å². The number of benzene rings is 2. The zero-order valence-electron chi connectivity index (χ0n) is 12.2. The van der Waals surface area contributed by atoms with Crippen molar-refractivity contribution in [3.05, 3.63) is 87.6 Å². The van der Waals surface area contributed by atoms with Crippen LogP contribution in [0.2, 0.25) is 0 Å². The monoisotopic (exact) mass is 292 g/mol. The van der Waals surface area contributed by atoms with Crippen LogP contribution in [-0.2, 0) is 6.42 Å². The van der Waals surface area contributed by atoms with Gasteiger partial charge in [0.2, 0.25) is 0 Å². The number of nitrogens with zero attached hydrogens (tertiary/aromatic N) is 3. The molecule has 5 heteroatoms. The molecule has 0 fully saturated rings. The predicted molar refractivity (Wildman–Crippen MR) is 86.3 cm³/mol. The first-order valence-electron chi connectivity index (χ1n) is 7.04. The van der Waals surface area contributed by atoms with E-state index in [0.29, 0.717) is 12.2 Å². The van der Waals surface area contributed by atoms with E-state index in [9.17, 15) is 4.79 Å². The topological polar surface area (TPSA) is 63.0 Å². The van der Waals surface area contributed by atoms with Gasteiger partial charge in [0.15, 0.2) is 5.82 Å². The van der Waals surface area contributed by atoms with Crippen LogP contribution in [0.5, 0.6) is 0 Å². The molecule has 0 saturated carbocycles. The fourth-order valence-corrected chi connectivity index (χ4v) is 2.20. The number of H-pyrrole nitrogens is 1. The Balaban J connectivity index is 1.90. The number of aryl methyl sites for hydroxylation is 1. The van der Waals surface area contributed by atoms with E-state index in [-0.39, 0.29) is 5.69 Å². The Morgan fingerprint density at radius 2 is 1.86 bits per heavy atom. The van der Waals surface area contributed by atoms with Crippen LogP contribution in [0.3, 0.4) is 0 Å². The highest BCUT2D eigenvalue weighted by molar-refractivity contribution is 5.79. The lowest BCUT2D eigenvalue weighted by atomic mass is 10.1. The summed E-state index contributed by atoms with van der Waals surface area (Å²) in [6.07, 6.45) is 2.20. The normalized spacial score (nSPS) is 11.1. The summed E-state index contributed by atoms with van der Waals surface area (Å²) >= 11 is 0. The van der Waals surface area contributed by atoms with Gasteiger partial charge in [-0.3, -0.25) is 0 Å². The average Bonchev–Trinajstić information content (AvgIpc) is 2.89. The van der Waals surface area contributed by atoms with Crippen LogP contribution in [0.4, 0.5) is 0 Å². The van der Waals surface area contributed by atoms with Gasteiger partial charge in [0.05, 0.1) is 6.21 Å². The largest absolute Gasteiger partial charge is 0.364 e. The smallest absolute Gasteiger partial charge is 0.244 e. The van der Waals surface area contributed by atoms with Crippen LogP contribution >= 0.6 is 0 Å². The number of aromatic amines is 1. The van der Waals surface area contributed by atoms with Crippen LogP contribution < -0.4 is 5.69 Å². The average molecular weight is 292 g/mol.